The van der Waals surface area contributed by atoms with Crippen molar-refractivity contribution in [2.75, 3.05) is 12.3 Å². The van der Waals surface area contributed by atoms with Gasteiger partial charge in [0.2, 0.25) is 0 Å². The first-order chi connectivity index (χ1) is 12.2. The topological polar surface area (TPSA) is 201 Å². The molecule has 14 nitrogen and oxygen atoms in total. The van der Waals surface area contributed by atoms with Crippen molar-refractivity contribution in [2.45, 2.75) is 24.5 Å². The second kappa shape index (κ2) is 5.67. The summed E-state index contributed by atoms with van der Waals surface area (Å²) in [7, 11) is -2.05. The first kappa shape index (κ1) is 17.3. The average Bonchev–Trinajstić information content (AvgIpc) is 3.05. The van der Waals surface area contributed by atoms with Crippen LogP contribution in [0.15, 0.2) is 4.79 Å². The number of nitrogens with two attached hydrogens (primary N) is 1. The SMILES string of the molecule is B[PH]1(O)OC[C@H]2O[C@@H](n3c([N+](=O)[O-])nc4c(=O)[nH]c(N)nc43)C(O)[C@H]2O1. The van der Waals surface area contributed by atoms with E-state index < -0.39 is 48.8 Å². The number of hydrogen-bond acceptors (Lipinski definition) is 11. The molecule has 2 aliphatic heterocycles. The average molecular weight is 388 g/mol. The van der Waals surface area contributed by atoms with Crippen LogP contribution in [0.3, 0.4) is 0 Å². The summed E-state index contributed by atoms with van der Waals surface area (Å²) in [5, 5.41) is 22.0. The molecule has 140 valence electrons. The maximum absolute atomic E-state index is 12.0. The molecular weight excluding hydrogens is 374 g/mol. The van der Waals surface area contributed by atoms with Crippen molar-refractivity contribution in [1.82, 2.24) is 19.5 Å². The first-order valence-corrected chi connectivity index (χ1v) is 9.74. The molecule has 2 aromatic rings. The van der Waals surface area contributed by atoms with Gasteiger partial charge in [0.05, 0.1) is 0 Å². The molecule has 4 atom stereocenters. The van der Waals surface area contributed by atoms with Gasteiger partial charge in [0.15, 0.2) is 0 Å². The summed E-state index contributed by atoms with van der Waals surface area (Å²) in [5.74, 6) is -1.03. The number of nitrogens with zero attached hydrogens (tertiary/aromatic N) is 4. The molecule has 2 aromatic heterocycles. The van der Waals surface area contributed by atoms with Gasteiger partial charge in [-0.15, -0.1) is 0 Å². The Kier molecular flexibility index (Phi) is 3.77. The number of aliphatic hydroxyl groups excluding tert-OH is 1. The third kappa shape index (κ3) is 2.56. The summed E-state index contributed by atoms with van der Waals surface area (Å²) in [6.07, 6.45) is -4.48. The molecule has 0 saturated carbocycles. The van der Waals surface area contributed by atoms with E-state index in [4.69, 9.17) is 19.5 Å². The summed E-state index contributed by atoms with van der Waals surface area (Å²) < 4.78 is 17.1. The molecule has 0 spiro atoms. The Labute approximate surface area is 145 Å². The molecule has 0 aromatic carbocycles. The number of imidazole rings is 1. The van der Waals surface area contributed by atoms with Crippen LogP contribution in [0.2, 0.25) is 0 Å². The zero-order valence-electron chi connectivity index (χ0n) is 13.2. The van der Waals surface area contributed by atoms with Crippen LogP contribution < -0.4 is 11.3 Å². The fraction of sp³-hybridized carbons (Fsp3) is 0.500. The van der Waals surface area contributed by atoms with Crippen LogP contribution in [0.5, 0.6) is 0 Å². The van der Waals surface area contributed by atoms with E-state index in [2.05, 4.69) is 15.0 Å². The molecule has 16 heteroatoms. The molecule has 0 bridgehead atoms. The van der Waals surface area contributed by atoms with E-state index in [1.807, 2.05) is 0 Å². The van der Waals surface area contributed by atoms with Gasteiger partial charge in [-0.3, -0.25) is 0 Å². The zero-order chi connectivity index (χ0) is 18.8. The number of ether oxygens (including phenoxy) is 1. The summed E-state index contributed by atoms with van der Waals surface area (Å²) in [5.41, 5.74) is 4.20. The number of hydrogen-bond donors (Lipinski definition) is 4. The number of H-pyrrole nitrogens is 1. The number of aromatic amines is 1. The Morgan fingerprint density at radius 3 is 2.92 bits per heavy atom. The van der Waals surface area contributed by atoms with E-state index in [9.17, 15) is 24.9 Å². The van der Waals surface area contributed by atoms with Crippen molar-refractivity contribution in [1.29, 1.82) is 0 Å². The maximum atomic E-state index is 12.0. The van der Waals surface area contributed by atoms with Crippen LogP contribution in [-0.2, 0) is 13.8 Å². The Balaban J connectivity index is 1.85. The van der Waals surface area contributed by atoms with Crippen molar-refractivity contribution < 1.29 is 28.7 Å². The number of nitrogens with one attached hydrogen (secondary N) is 1. The summed E-state index contributed by atoms with van der Waals surface area (Å²) in [6.45, 7) is -0.0615. The molecule has 1 unspecified atom stereocenters. The molecule has 4 rings (SSSR count). The number of aliphatic hydroxyl groups is 1. The molecule has 2 saturated heterocycles. The van der Waals surface area contributed by atoms with Gasteiger partial charge in [-0.25, -0.2) is 0 Å². The molecule has 0 radical (unpaired) electrons. The second-order valence-corrected chi connectivity index (χ2v) is 8.33. The van der Waals surface area contributed by atoms with Gasteiger partial charge < -0.3 is 0 Å². The number of nitro groups is 1. The van der Waals surface area contributed by atoms with Crippen molar-refractivity contribution >= 4 is 38.4 Å². The second-order valence-electron chi connectivity index (χ2n) is 6.01. The number of fused-ring (bicyclic) bond motifs is 2. The van der Waals surface area contributed by atoms with E-state index >= 15 is 0 Å². The molecule has 0 aliphatic carbocycles. The molecule has 2 fully saturated rings. The molecule has 26 heavy (non-hydrogen) atoms. The van der Waals surface area contributed by atoms with E-state index in [0.29, 0.717) is 0 Å². The minimum absolute atomic E-state index is 0.0615. The van der Waals surface area contributed by atoms with Crippen LogP contribution in [0.4, 0.5) is 11.9 Å². The van der Waals surface area contributed by atoms with E-state index in [-0.39, 0.29) is 23.7 Å². The van der Waals surface area contributed by atoms with Gasteiger partial charge >= 0.3 is 144 Å². The van der Waals surface area contributed by atoms with Crippen LogP contribution in [-0.4, -0.2) is 66.9 Å². The fourth-order valence-electron chi connectivity index (χ4n) is 3.09. The van der Waals surface area contributed by atoms with E-state index in [0.717, 1.165) is 4.57 Å². The van der Waals surface area contributed by atoms with Crippen molar-refractivity contribution in [3.05, 3.63) is 20.5 Å². The third-order valence-corrected chi connectivity index (χ3v) is 5.56. The molecule has 4 heterocycles. The van der Waals surface area contributed by atoms with Gasteiger partial charge in [-0.2, -0.15) is 0 Å². The van der Waals surface area contributed by atoms with Gasteiger partial charge in [-0.05, 0) is 0 Å². The number of aromatic nitrogens is 4. The Bertz CT molecular complexity index is 963. The summed E-state index contributed by atoms with van der Waals surface area (Å²) >= 11 is 0. The van der Waals surface area contributed by atoms with Crippen LogP contribution in [0.25, 0.3) is 11.2 Å². The number of rotatable bonds is 2. The molecule has 5 N–H and O–H groups in total. The molecular formula is C10H14BN6O8P. The fourth-order valence-corrected chi connectivity index (χ4v) is 4.43. The third-order valence-electron chi connectivity index (χ3n) is 4.15. The first-order valence-electron chi connectivity index (χ1n) is 7.48. The normalized spacial score (nSPS) is 31.6. The van der Waals surface area contributed by atoms with Crippen molar-refractivity contribution in [3.8, 4) is 0 Å². The van der Waals surface area contributed by atoms with Crippen molar-refractivity contribution in [2.24, 2.45) is 0 Å². The summed E-state index contributed by atoms with van der Waals surface area (Å²) in [6, 6.07) is 0. The van der Waals surface area contributed by atoms with Crippen LogP contribution in [0.1, 0.15) is 6.23 Å². The van der Waals surface area contributed by atoms with E-state index in [1.54, 1.807) is 0 Å². The monoisotopic (exact) mass is 388 g/mol. The standard InChI is InChI=1S/C10H14BN6O8P/c11-26(22)23-1-2-5(25-26)4(18)8(24-2)16-6-3(13-10(16)17(20)21)7(19)15-9(12)14-6/h2,4-5,8,18,22,26H,1,11H2,(H3,12,14,15,19)/t2-,4?,5+,8-/m1/s1. The number of anilines is 1. The summed E-state index contributed by atoms with van der Waals surface area (Å²) in [4.78, 5) is 42.2. The Hall–Kier alpha value is -2.16. The minimum atomic E-state index is -3.43. The predicted molar refractivity (Wildman–Crippen MR) is 89.0 cm³/mol. The van der Waals surface area contributed by atoms with Gasteiger partial charge in [-0.1, -0.05) is 0 Å². The van der Waals surface area contributed by atoms with Gasteiger partial charge in [0.25, 0.3) is 0 Å². The van der Waals surface area contributed by atoms with Crippen LogP contribution >= 0.6 is 7.82 Å². The quantitative estimate of drug-likeness (QED) is 0.181. The zero-order valence-corrected chi connectivity index (χ0v) is 14.2. The number of nitrogen functional groups attached to an aromatic ring is 1. The van der Waals surface area contributed by atoms with Crippen molar-refractivity contribution in [3.63, 3.8) is 0 Å². The Morgan fingerprint density at radius 1 is 1.50 bits per heavy atom. The predicted octanol–water partition coefficient (Wildman–Crippen LogP) is -2.68. The van der Waals surface area contributed by atoms with Gasteiger partial charge in [0.1, 0.15) is 0 Å². The Morgan fingerprint density at radius 2 is 2.23 bits per heavy atom. The van der Waals surface area contributed by atoms with Crippen LogP contribution in [0, 0.1) is 10.1 Å². The molecule has 0 amide bonds. The van der Waals surface area contributed by atoms with Gasteiger partial charge in [0, 0.05) is 0 Å². The van der Waals surface area contributed by atoms with E-state index in [1.165, 1.54) is 7.57 Å². The molecule has 2 aliphatic rings.